The summed E-state index contributed by atoms with van der Waals surface area (Å²) in [7, 11) is 0. The van der Waals surface area contributed by atoms with Crippen molar-refractivity contribution in [3.8, 4) is 0 Å². The summed E-state index contributed by atoms with van der Waals surface area (Å²) in [6.45, 7) is 3.52. The van der Waals surface area contributed by atoms with E-state index in [9.17, 15) is 9.18 Å². The average molecular weight is 166 g/mol. The third kappa shape index (κ3) is 1.70. The van der Waals surface area contributed by atoms with Gasteiger partial charge in [0.25, 0.3) is 0 Å². The van der Waals surface area contributed by atoms with Crippen LogP contribution in [0.5, 0.6) is 0 Å². The number of benzene rings is 1. The summed E-state index contributed by atoms with van der Waals surface area (Å²) in [6, 6.07) is 6.05. The Morgan fingerprint density at radius 1 is 1.33 bits per heavy atom. The Bertz CT molecular complexity index is 292. The van der Waals surface area contributed by atoms with Gasteiger partial charge in [-0.25, -0.2) is 4.39 Å². The van der Waals surface area contributed by atoms with Crippen LogP contribution in [0.4, 0.5) is 4.39 Å². The molecule has 1 rings (SSSR count). The van der Waals surface area contributed by atoms with E-state index in [1.165, 1.54) is 12.1 Å². The van der Waals surface area contributed by atoms with Gasteiger partial charge in [0, 0.05) is 5.92 Å². The quantitative estimate of drug-likeness (QED) is 0.617. The zero-order valence-corrected chi connectivity index (χ0v) is 7.17. The van der Waals surface area contributed by atoms with Gasteiger partial charge in [-0.3, -0.25) is 4.79 Å². The minimum atomic E-state index is -0.434. The number of hydrogen-bond donors (Lipinski definition) is 0. The molecule has 1 aromatic carbocycles. The molecule has 0 radical (unpaired) electrons. The molecule has 1 aromatic rings. The molecule has 1 nitrogen and oxygen atoms in total. The van der Waals surface area contributed by atoms with Gasteiger partial charge in [0.15, 0.2) is 5.78 Å². The minimum Gasteiger partial charge on any atom is -0.294 e. The molecule has 0 aromatic heterocycles. The maximum absolute atomic E-state index is 13.0. The molecular weight excluding hydrogens is 155 g/mol. The molecule has 0 amide bonds. The maximum atomic E-state index is 13.0. The Kier molecular flexibility index (Phi) is 2.58. The fraction of sp³-hybridized carbons (Fsp3) is 0.300. The molecule has 12 heavy (non-hydrogen) atoms. The predicted molar refractivity (Wildman–Crippen MR) is 45.6 cm³/mol. The lowest BCUT2D eigenvalue weighted by atomic mass is 10.0. The molecule has 0 N–H and O–H groups in total. The van der Waals surface area contributed by atoms with Crippen molar-refractivity contribution >= 4 is 5.78 Å². The second kappa shape index (κ2) is 3.48. The summed E-state index contributed by atoms with van der Waals surface area (Å²) in [4.78, 5) is 11.3. The fourth-order valence-electron chi connectivity index (χ4n) is 0.972. The van der Waals surface area contributed by atoms with Crippen LogP contribution in [0.2, 0.25) is 0 Å². The number of ketones is 1. The number of hydrogen-bond acceptors (Lipinski definition) is 1. The van der Waals surface area contributed by atoms with Gasteiger partial charge in [-0.2, -0.15) is 0 Å². The SMILES string of the molecule is CC(C)C(=O)c1ccccc1F. The van der Waals surface area contributed by atoms with Crippen molar-refractivity contribution in [2.24, 2.45) is 5.92 Å². The van der Waals surface area contributed by atoms with E-state index in [4.69, 9.17) is 0 Å². The van der Waals surface area contributed by atoms with Crippen molar-refractivity contribution < 1.29 is 9.18 Å². The molecule has 64 valence electrons. The van der Waals surface area contributed by atoms with Crippen molar-refractivity contribution in [3.05, 3.63) is 35.6 Å². The largest absolute Gasteiger partial charge is 0.294 e. The molecule has 0 bridgehead atoms. The van der Waals surface area contributed by atoms with Crippen LogP contribution in [0.25, 0.3) is 0 Å². The van der Waals surface area contributed by atoms with E-state index >= 15 is 0 Å². The van der Waals surface area contributed by atoms with E-state index in [1.807, 2.05) is 0 Å². The van der Waals surface area contributed by atoms with Crippen LogP contribution in [-0.4, -0.2) is 5.78 Å². The van der Waals surface area contributed by atoms with E-state index in [1.54, 1.807) is 26.0 Å². The van der Waals surface area contributed by atoms with Gasteiger partial charge in [-0.15, -0.1) is 0 Å². The van der Waals surface area contributed by atoms with Crippen LogP contribution < -0.4 is 0 Å². The highest BCUT2D eigenvalue weighted by atomic mass is 19.1. The first-order valence-corrected chi connectivity index (χ1v) is 3.91. The molecule has 0 heterocycles. The summed E-state index contributed by atoms with van der Waals surface area (Å²) in [5, 5.41) is 0. The predicted octanol–water partition coefficient (Wildman–Crippen LogP) is 2.66. The van der Waals surface area contributed by atoms with Crippen molar-refractivity contribution in [1.82, 2.24) is 0 Å². The molecule has 0 unspecified atom stereocenters. The molecule has 0 aliphatic rings. The lowest BCUT2D eigenvalue weighted by Gasteiger charge is -2.03. The molecule has 0 aliphatic heterocycles. The molecule has 0 aliphatic carbocycles. The van der Waals surface area contributed by atoms with Crippen molar-refractivity contribution in [2.45, 2.75) is 13.8 Å². The summed E-state index contributed by atoms with van der Waals surface area (Å²) in [5.41, 5.74) is 0.188. The van der Waals surface area contributed by atoms with E-state index in [0.717, 1.165) is 0 Å². The van der Waals surface area contributed by atoms with Gasteiger partial charge in [0.2, 0.25) is 0 Å². The Hall–Kier alpha value is -1.18. The van der Waals surface area contributed by atoms with Crippen LogP contribution >= 0.6 is 0 Å². The topological polar surface area (TPSA) is 17.1 Å². The lowest BCUT2D eigenvalue weighted by Crippen LogP contribution is -2.09. The number of halogens is 1. The second-order valence-corrected chi connectivity index (χ2v) is 3.00. The van der Waals surface area contributed by atoms with Crippen LogP contribution in [-0.2, 0) is 0 Å². The number of Topliss-reactive ketones (excluding diaryl/α,β-unsaturated/α-hetero) is 1. The lowest BCUT2D eigenvalue weighted by molar-refractivity contribution is 0.0935. The third-order valence-electron chi connectivity index (χ3n) is 1.66. The zero-order chi connectivity index (χ0) is 9.14. The highest BCUT2D eigenvalue weighted by molar-refractivity contribution is 5.97. The smallest absolute Gasteiger partial charge is 0.168 e. The first kappa shape index (κ1) is 8.91. The highest BCUT2D eigenvalue weighted by Gasteiger charge is 2.13. The van der Waals surface area contributed by atoms with Crippen molar-refractivity contribution in [3.63, 3.8) is 0 Å². The molecular formula is C10H11FO. The van der Waals surface area contributed by atoms with E-state index in [-0.39, 0.29) is 17.3 Å². The first-order valence-electron chi connectivity index (χ1n) is 3.91. The standard InChI is InChI=1S/C10H11FO/c1-7(2)10(12)8-5-3-4-6-9(8)11/h3-7H,1-2H3. The van der Waals surface area contributed by atoms with Gasteiger partial charge in [0.05, 0.1) is 5.56 Å². The number of rotatable bonds is 2. The average Bonchev–Trinajstić information content (AvgIpc) is 2.04. The Morgan fingerprint density at radius 2 is 1.92 bits per heavy atom. The molecule has 0 fully saturated rings. The molecule has 0 atom stereocenters. The Balaban J connectivity index is 3.03. The summed E-state index contributed by atoms with van der Waals surface area (Å²) < 4.78 is 13.0. The van der Waals surface area contributed by atoms with Gasteiger partial charge in [-0.05, 0) is 12.1 Å². The zero-order valence-electron chi connectivity index (χ0n) is 7.17. The Morgan fingerprint density at radius 3 is 2.42 bits per heavy atom. The monoisotopic (exact) mass is 166 g/mol. The van der Waals surface area contributed by atoms with Gasteiger partial charge in [0.1, 0.15) is 5.82 Å². The third-order valence-corrected chi connectivity index (χ3v) is 1.66. The van der Waals surface area contributed by atoms with Gasteiger partial charge < -0.3 is 0 Å². The van der Waals surface area contributed by atoms with E-state index in [2.05, 4.69) is 0 Å². The number of carbonyl (C=O) groups is 1. The van der Waals surface area contributed by atoms with Gasteiger partial charge >= 0.3 is 0 Å². The van der Waals surface area contributed by atoms with E-state index < -0.39 is 5.82 Å². The summed E-state index contributed by atoms with van der Waals surface area (Å²) in [5.74, 6) is -0.730. The van der Waals surface area contributed by atoms with Crippen molar-refractivity contribution in [1.29, 1.82) is 0 Å². The van der Waals surface area contributed by atoms with Crippen LogP contribution in [0.15, 0.2) is 24.3 Å². The van der Waals surface area contributed by atoms with Crippen molar-refractivity contribution in [2.75, 3.05) is 0 Å². The molecule has 0 saturated heterocycles. The highest BCUT2D eigenvalue weighted by Crippen LogP contribution is 2.11. The molecule has 0 spiro atoms. The van der Waals surface area contributed by atoms with Crippen LogP contribution in [0.3, 0.4) is 0 Å². The normalized spacial score (nSPS) is 10.3. The van der Waals surface area contributed by atoms with Crippen LogP contribution in [0.1, 0.15) is 24.2 Å². The van der Waals surface area contributed by atoms with Gasteiger partial charge in [-0.1, -0.05) is 26.0 Å². The minimum absolute atomic E-state index is 0.145. The second-order valence-electron chi connectivity index (χ2n) is 3.00. The molecule has 0 saturated carbocycles. The summed E-state index contributed by atoms with van der Waals surface area (Å²) in [6.07, 6.45) is 0. The molecule has 2 heteroatoms. The maximum Gasteiger partial charge on any atom is 0.168 e. The summed E-state index contributed by atoms with van der Waals surface area (Å²) >= 11 is 0. The fourth-order valence-corrected chi connectivity index (χ4v) is 0.972. The van der Waals surface area contributed by atoms with E-state index in [0.29, 0.717) is 0 Å². The van der Waals surface area contributed by atoms with Crippen LogP contribution in [0, 0.1) is 11.7 Å². The Labute approximate surface area is 71.2 Å². The first-order chi connectivity index (χ1) is 5.63. The number of carbonyl (C=O) groups excluding carboxylic acids is 1.